The SMILES string of the molecule is Cc1ccc(N=C2NC(=O)/C(=C/c3ccc(C(C)C)cc3)S2)cc1. The van der Waals surface area contributed by atoms with Gasteiger partial charge in [0, 0.05) is 0 Å². The highest BCUT2D eigenvalue weighted by Crippen LogP contribution is 2.28. The molecule has 0 bridgehead atoms. The van der Waals surface area contributed by atoms with Crippen LogP contribution in [0.3, 0.4) is 0 Å². The number of aliphatic imine (C=N–C) groups is 1. The van der Waals surface area contributed by atoms with Gasteiger partial charge in [-0.1, -0.05) is 55.8 Å². The van der Waals surface area contributed by atoms with Gasteiger partial charge in [-0.3, -0.25) is 4.79 Å². The van der Waals surface area contributed by atoms with Gasteiger partial charge < -0.3 is 5.32 Å². The molecule has 1 aliphatic rings. The van der Waals surface area contributed by atoms with Gasteiger partial charge in [-0.25, -0.2) is 4.99 Å². The van der Waals surface area contributed by atoms with Gasteiger partial charge in [0.2, 0.25) is 0 Å². The van der Waals surface area contributed by atoms with E-state index in [9.17, 15) is 4.79 Å². The van der Waals surface area contributed by atoms with Gasteiger partial charge in [-0.2, -0.15) is 0 Å². The van der Waals surface area contributed by atoms with E-state index in [4.69, 9.17) is 0 Å². The van der Waals surface area contributed by atoms with Crippen molar-refractivity contribution >= 4 is 34.6 Å². The molecule has 1 aliphatic heterocycles. The predicted molar refractivity (Wildman–Crippen MR) is 103 cm³/mol. The number of carbonyl (C=O) groups excluding carboxylic acids is 1. The third kappa shape index (κ3) is 3.95. The van der Waals surface area contributed by atoms with Crippen molar-refractivity contribution in [2.45, 2.75) is 26.7 Å². The average Bonchev–Trinajstić information content (AvgIpc) is 2.89. The van der Waals surface area contributed by atoms with Gasteiger partial charge in [0.15, 0.2) is 5.17 Å². The first-order chi connectivity index (χ1) is 11.5. The lowest BCUT2D eigenvalue weighted by Crippen LogP contribution is -2.19. The van der Waals surface area contributed by atoms with Crippen molar-refractivity contribution in [2.24, 2.45) is 4.99 Å². The topological polar surface area (TPSA) is 41.5 Å². The molecule has 1 N–H and O–H groups in total. The van der Waals surface area contributed by atoms with Crippen LogP contribution in [0.5, 0.6) is 0 Å². The fourth-order valence-corrected chi connectivity index (χ4v) is 3.19. The Kier molecular flexibility index (Phi) is 4.86. The zero-order chi connectivity index (χ0) is 17.1. The highest BCUT2D eigenvalue weighted by molar-refractivity contribution is 8.18. The molecule has 0 unspecified atom stereocenters. The Morgan fingerprint density at radius 1 is 1.04 bits per heavy atom. The lowest BCUT2D eigenvalue weighted by atomic mass is 10.0. The normalized spacial score (nSPS) is 17.8. The number of carbonyl (C=O) groups is 1. The van der Waals surface area contributed by atoms with Crippen molar-refractivity contribution in [1.82, 2.24) is 5.32 Å². The smallest absolute Gasteiger partial charge is 0.264 e. The molecule has 122 valence electrons. The fourth-order valence-electron chi connectivity index (χ4n) is 2.35. The summed E-state index contributed by atoms with van der Waals surface area (Å²) in [4.78, 5) is 17.3. The van der Waals surface area contributed by atoms with Crippen LogP contribution in [-0.4, -0.2) is 11.1 Å². The van der Waals surface area contributed by atoms with Gasteiger partial charge in [0.1, 0.15) is 0 Å². The summed E-state index contributed by atoms with van der Waals surface area (Å²) in [6.45, 7) is 6.37. The molecule has 0 saturated carbocycles. The largest absolute Gasteiger partial charge is 0.300 e. The van der Waals surface area contributed by atoms with Gasteiger partial charge >= 0.3 is 0 Å². The maximum Gasteiger partial charge on any atom is 0.264 e. The van der Waals surface area contributed by atoms with Crippen LogP contribution in [0.4, 0.5) is 5.69 Å². The first kappa shape index (κ1) is 16.5. The van der Waals surface area contributed by atoms with E-state index in [1.54, 1.807) is 0 Å². The number of aryl methyl sites for hydroxylation is 1. The Morgan fingerprint density at radius 2 is 1.71 bits per heavy atom. The minimum Gasteiger partial charge on any atom is -0.300 e. The lowest BCUT2D eigenvalue weighted by molar-refractivity contribution is -0.115. The minimum absolute atomic E-state index is 0.0983. The Hall–Kier alpha value is -2.33. The zero-order valence-corrected chi connectivity index (χ0v) is 14.9. The monoisotopic (exact) mass is 336 g/mol. The van der Waals surface area contributed by atoms with Crippen molar-refractivity contribution in [3.05, 3.63) is 70.1 Å². The number of amidine groups is 1. The van der Waals surface area contributed by atoms with Gasteiger partial charge in [0.25, 0.3) is 5.91 Å². The number of benzene rings is 2. The highest BCUT2D eigenvalue weighted by atomic mass is 32.2. The molecule has 1 fully saturated rings. The fraction of sp³-hybridized carbons (Fsp3) is 0.200. The molecule has 0 atom stereocenters. The lowest BCUT2D eigenvalue weighted by Gasteiger charge is -2.04. The van der Waals surface area contributed by atoms with E-state index in [1.165, 1.54) is 22.9 Å². The summed E-state index contributed by atoms with van der Waals surface area (Å²) in [5.74, 6) is 0.405. The third-order valence-electron chi connectivity index (χ3n) is 3.82. The van der Waals surface area contributed by atoms with Crippen LogP contribution in [0.15, 0.2) is 58.4 Å². The van der Waals surface area contributed by atoms with E-state index in [0.29, 0.717) is 16.0 Å². The summed E-state index contributed by atoms with van der Waals surface area (Å²) in [5, 5.41) is 3.44. The molecule has 4 heteroatoms. The third-order valence-corrected chi connectivity index (χ3v) is 4.73. The van der Waals surface area contributed by atoms with Crippen LogP contribution in [0, 0.1) is 6.92 Å². The molecule has 1 saturated heterocycles. The number of hydrogen-bond donors (Lipinski definition) is 1. The summed E-state index contributed by atoms with van der Waals surface area (Å²) in [6.07, 6.45) is 1.90. The molecule has 1 amide bonds. The summed E-state index contributed by atoms with van der Waals surface area (Å²) < 4.78 is 0. The summed E-state index contributed by atoms with van der Waals surface area (Å²) >= 11 is 1.37. The maximum atomic E-state index is 12.1. The predicted octanol–water partition coefficient (Wildman–Crippen LogP) is 5.01. The van der Waals surface area contributed by atoms with E-state index >= 15 is 0 Å². The molecule has 0 aromatic heterocycles. The molecule has 3 nitrogen and oxygen atoms in total. The second kappa shape index (κ2) is 7.05. The van der Waals surface area contributed by atoms with Crippen LogP contribution >= 0.6 is 11.8 Å². The van der Waals surface area contributed by atoms with Gasteiger partial charge in [0.05, 0.1) is 10.6 Å². The van der Waals surface area contributed by atoms with Crippen LogP contribution in [0.2, 0.25) is 0 Å². The Balaban J connectivity index is 1.77. The van der Waals surface area contributed by atoms with Crippen LogP contribution < -0.4 is 5.32 Å². The molecule has 2 aromatic carbocycles. The van der Waals surface area contributed by atoms with Crippen LogP contribution in [0.1, 0.15) is 36.5 Å². The minimum atomic E-state index is -0.0983. The van der Waals surface area contributed by atoms with E-state index in [-0.39, 0.29) is 5.91 Å². The standard InChI is InChI=1S/C20H20N2OS/c1-13(2)16-8-6-15(7-9-16)12-18-19(23)22-20(24-18)21-17-10-4-14(3)5-11-17/h4-13H,1-3H3,(H,21,22,23)/b18-12-. The Labute approximate surface area is 146 Å². The maximum absolute atomic E-state index is 12.1. The van der Waals surface area contributed by atoms with Gasteiger partial charge in [-0.05, 0) is 53.9 Å². The van der Waals surface area contributed by atoms with Crippen molar-refractivity contribution in [1.29, 1.82) is 0 Å². The van der Waals surface area contributed by atoms with Crippen molar-refractivity contribution in [3.63, 3.8) is 0 Å². The number of nitrogens with zero attached hydrogens (tertiary/aromatic N) is 1. The Bertz CT molecular complexity index is 803. The molecular formula is C20H20N2OS. The first-order valence-electron chi connectivity index (χ1n) is 7.97. The zero-order valence-electron chi connectivity index (χ0n) is 14.0. The molecule has 0 radical (unpaired) electrons. The quantitative estimate of drug-likeness (QED) is 0.801. The van der Waals surface area contributed by atoms with E-state index in [1.807, 2.05) is 49.4 Å². The average molecular weight is 336 g/mol. The van der Waals surface area contributed by atoms with Crippen molar-refractivity contribution < 1.29 is 4.79 Å². The first-order valence-corrected chi connectivity index (χ1v) is 8.79. The molecule has 0 spiro atoms. The number of amides is 1. The van der Waals surface area contributed by atoms with Crippen LogP contribution in [-0.2, 0) is 4.79 Å². The summed E-state index contributed by atoms with van der Waals surface area (Å²) in [7, 11) is 0. The second-order valence-corrected chi connectivity index (χ2v) is 7.17. The molecule has 3 rings (SSSR count). The van der Waals surface area contributed by atoms with Crippen molar-refractivity contribution in [2.75, 3.05) is 0 Å². The Morgan fingerprint density at radius 3 is 2.33 bits per heavy atom. The van der Waals surface area contributed by atoms with E-state index in [2.05, 4.69) is 36.3 Å². The highest BCUT2D eigenvalue weighted by Gasteiger charge is 2.23. The number of rotatable bonds is 3. The molecular weight excluding hydrogens is 316 g/mol. The molecule has 2 aromatic rings. The summed E-state index contributed by atoms with van der Waals surface area (Å²) in [5.41, 5.74) is 4.34. The van der Waals surface area contributed by atoms with E-state index in [0.717, 1.165) is 11.3 Å². The number of nitrogens with one attached hydrogen (secondary N) is 1. The second-order valence-electron chi connectivity index (χ2n) is 6.14. The number of hydrogen-bond acceptors (Lipinski definition) is 3. The van der Waals surface area contributed by atoms with Crippen LogP contribution in [0.25, 0.3) is 6.08 Å². The molecule has 1 heterocycles. The van der Waals surface area contributed by atoms with Gasteiger partial charge in [-0.15, -0.1) is 0 Å². The van der Waals surface area contributed by atoms with Crippen molar-refractivity contribution in [3.8, 4) is 0 Å². The summed E-state index contributed by atoms with van der Waals surface area (Å²) in [6, 6.07) is 16.2. The number of thioether (sulfide) groups is 1. The molecule has 0 aliphatic carbocycles. The van der Waals surface area contributed by atoms with E-state index < -0.39 is 0 Å². The molecule has 24 heavy (non-hydrogen) atoms.